The van der Waals surface area contributed by atoms with Gasteiger partial charge in [0.1, 0.15) is 11.5 Å². The van der Waals surface area contributed by atoms with Crippen LogP contribution in [-0.4, -0.2) is 37.7 Å². The smallest absolute Gasteiger partial charge is 0.349 e. The van der Waals surface area contributed by atoms with Crippen LogP contribution in [0.1, 0.15) is 61.0 Å². The maximum absolute atomic E-state index is 12.5. The quantitative estimate of drug-likeness (QED) is 0.448. The first-order valence-corrected chi connectivity index (χ1v) is 10.6. The van der Waals surface area contributed by atoms with Crippen molar-refractivity contribution in [2.75, 3.05) is 0 Å². The molecular formula is C22H27F3N6O2. The third-order valence-corrected chi connectivity index (χ3v) is 5.11. The topological polar surface area (TPSA) is 105 Å². The number of nitrogens with zero attached hydrogens (tertiary/aromatic N) is 3. The molecule has 1 aromatic carbocycles. The number of nitrogens with one attached hydrogen (secondary N) is 3. The summed E-state index contributed by atoms with van der Waals surface area (Å²) in [6.07, 6.45) is -4.02. The van der Waals surface area contributed by atoms with Crippen LogP contribution in [-0.2, 0) is 18.4 Å². The van der Waals surface area contributed by atoms with E-state index in [-0.39, 0.29) is 18.4 Å². The van der Waals surface area contributed by atoms with Gasteiger partial charge in [-0.3, -0.25) is 14.3 Å². The van der Waals surface area contributed by atoms with Crippen LogP contribution in [0.25, 0.3) is 11.0 Å². The monoisotopic (exact) mass is 464 g/mol. The van der Waals surface area contributed by atoms with Crippen molar-refractivity contribution < 1.29 is 22.8 Å². The molecule has 0 aliphatic carbocycles. The molecule has 8 nitrogen and oxygen atoms in total. The molecule has 0 aliphatic rings. The van der Waals surface area contributed by atoms with Gasteiger partial charge < -0.3 is 15.6 Å². The summed E-state index contributed by atoms with van der Waals surface area (Å²) in [5, 5.41) is 9.47. The van der Waals surface area contributed by atoms with Crippen LogP contribution in [0.15, 0.2) is 30.5 Å². The lowest BCUT2D eigenvalue weighted by atomic mass is 9.96. The van der Waals surface area contributed by atoms with E-state index in [2.05, 4.69) is 25.7 Å². The molecule has 0 saturated heterocycles. The van der Waals surface area contributed by atoms with Crippen molar-refractivity contribution in [2.24, 2.45) is 13.0 Å². The largest absolute Gasteiger partial charge is 0.389 e. The van der Waals surface area contributed by atoms with E-state index in [9.17, 15) is 22.8 Å². The van der Waals surface area contributed by atoms with Gasteiger partial charge in [0.05, 0.1) is 30.0 Å². The zero-order valence-electron chi connectivity index (χ0n) is 18.7. The van der Waals surface area contributed by atoms with Crippen LogP contribution in [0, 0.1) is 5.92 Å². The average molecular weight is 464 g/mol. The number of H-pyrrole nitrogens is 1. The van der Waals surface area contributed by atoms with Crippen LogP contribution in [0.4, 0.5) is 13.2 Å². The maximum Gasteiger partial charge on any atom is 0.389 e. The molecule has 0 saturated carbocycles. The molecule has 3 aromatic rings. The number of carbonyl (C=O) groups excluding carboxylic acids is 2. The number of alkyl halides is 3. The molecule has 3 rings (SSSR count). The zero-order chi connectivity index (χ0) is 24.2. The number of hydrogen-bond acceptors (Lipinski definition) is 4. The second-order valence-electron chi connectivity index (χ2n) is 8.35. The van der Waals surface area contributed by atoms with E-state index < -0.39 is 31.0 Å². The number of aromatic amines is 1. The Balaban J connectivity index is 1.71. The lowest BCUT2D eigenvalue weighted by Gasteiger charge is -2.21. The van der Waals surface area contributed by atoms with Gasteiger partial charge in [-0.1, -0.05) is 19.9 Å². The van der Waals surface area contributed by atoms with E-state index in [1.165, 1.54) is 10.9 Å². The molecule has 0 spiro atoms. The Bertz CT molecular complexity index is 1120. The molecule has 1 atom stereocenters. The fourth-order valence-corrected chi connectivity index (χ4v) is 3.50. The highest BCUT2D eigenvalue weighted by molar-refractivity contribution is 5.92. The van der Waals surface area contributed by atoms with Gasteiger partial charge in [0.2, 0.25) is 5.91 Å². The average Bonchev–Trinajstić information content (AvgIpc) is 3.34. The SMILES string of the molecule is CC(C)C[C@H](NC(=O)CCC(F)(F)F)c1ccc2nc(CNC(=O)c3ccnn3C)[nH]c2c1. The highest BCUT2D eigenvalue weighted by Gasteiger charge is 2.28. The van der Waals surface area contributed by atoms with E-state index in [4.69, 9.17) is 0 Å². The summed E-state index contributed by atoms with van der Waals surface area (Å²) >= 11 is 0. The molecule has 0 unspecified atom stereocenters. The van der Waals surface area contributed by atoms with Gasteiger partial charge >= 0.3 is 6.18 Å². The fraction of sp³-hybridized carbons (Fsp3) is 0.455. The lowest BCUT2D eigenvalue weighted by molar-refractivity contribution is -0.144. The first-order valence-electron chi connectivity index (χ1n) is 10.6. The number of benzene rings is 1. The molecule has 0 bridgehead atoms. The molecule has 0 fully saturated rings. The predicted molar refractivity (Wildman–Crippen MR) is 116 cm³/mol. The molecule has 0 aliphatic heterocycles. The van der Waals surface area contributed by atoms with Crippen molar-refractivity contribution in [1.82, 2.24) is 30.4 Å². The Labute approximate surface area is 189 Å². The van der Waals surface area contributed by atoms with E-state index in [1.54, 1.807) is 25.2 Å². The number of fused-ring (bicyclic) bond motifs is 1. The van der Waals surface area contributed by atoms with E-state index in [1.807, 2.05) is 19.9 Å². The number of carbonyl (C=O) groups is 2. The third kappa shape index (κ3) is 6.80. The highest BCUT2D eigenvalue weighted by atomic mass is 19.4. The van der Waals surface area contributed by atoms with Gasteiger partial charge in [-0.05, 0) is 36.1 Å². The van der Waals surface area contributed by atoms with Gasteiger partial charge in [0.25, 0.3) is 5.91 Å². The van der Waals surface area contributed by atoms with Gasteiger partial charge in [-0.2, -0.15) is 18.3 Å². The summed E-state index contributed by atoms with van der Waals surface area (Å²) in [5.74, 6) is -0.156. The summed E-state index contributed by atoms with van der Waals surface area (Å²) in [7, 11) is 1.67. The second-order valence-corrected chi connectivity index (χ2v) is 8.35. The molecule has 33 heavy (non-hydrogen) atoms. The van der Waals surface area contributed by atoms with Crippen molar-refractivity contribution in [2.45, 2.75) is 51.9 Å². The Morgan fingerprint density at radius 1 is 1.21 bits per heavy atom. The van der Waals surface area contributed by atoms with Crippen LogP contribution in [0.5, 0.6) is 0 Å². The minimum absolute atomic E-state index is 0.178. The molecule has 178 valence electrons. The van der Waals surface area contributed by atoms with Crippen molar-refractivity contribution >= 4 is 22.8 Å². The number of halogens is 3. The molecule has 3 N–H and O–H groups in total. The summed E-state index contributed by atoms with van der Waals surface area (Å²) in [5.41, 5.74) is 2.57. The first kappa shape index (κ1) is 24.3. The lowest BCUT2D eigenvalue weighted by Crippen LogP contribution is -2.30. The molecule has 2 aromatic heterocycles. The van der Waals surface area contributed by atoms with Gasteiger partial charge in [0, 0.05) is 19.7 Å². The minimum Gasteiger partial charge on any atom is -0.349 e. The number of amides is 2. The molecule has 0 radical (unpaired) electrons. The Hall–Kier alpha value is -3.37. The summed E-state index contributed by atoms with van der Waals surface area (Å²) in [6, 6.07) is 6.59. The van der Waals surface area contributed by atoms with Crippen LogP contribution >= 0.6 is 0 Å². The van der Waals surface area contributed by atoms with Crippen molar-refractivity contribution in [3.8, 4) is 0 Å². The number of hydrogen-bond donors (Lipinski definition) is 3. The second kappa shape index (κ2) is 10.1. The molecular weight excluding hydrogens is 437 g/mol. The molecule has 11 heteroatoms. The summed E-state index contributed by atoms with van der Waals surface area (Å²) in [6.45, 7) is 4.14. The van der Waals surface area contributed by atoms with E-state index >= 15 is 0 Å². The summed E-state index contributed by atoms with van der Waals surface area (Å²) < 4.78 is 38.8. The number of rotatable bonds is 9. The number of imidazole rings is 1. The molecule has 2 heterocycles. The van der Waals surface area contributed by atoms with Crippen LogP contribution in [0.2, 0.25) is 0 Å². The minimum atomic E-state index is -4.37. The molecule has 2 amide bonds. The zero-order valence-corrected chi connectivity index (χ0v) is 18.7. The van der Waals surface area contributed by atoms with Crippen molar-refractivity contribution in [3.63, 3.8) is 0 Å². The summed E-state index contributed by atoms with van der Waals surface area (Å²) in [4.78, 5) is 32.0. The van der Waals surface area contributed by atoms with E-state index in [0.29, 0.717) is 29.0 Å². The standard InChI is InChI=1S/C22H27F3N6O2/c1-13(2)10-16(30-20(32)6-8-22(23,24)25)14-4-5-15-17(11-14)29-19(28-15)12-26-21(33)18-7-9-27-31(18)3/h4-5,7,9,11,13,16H,6,8,10,12H2,1-3H3,(H,26,33)(H,28,29)(H,30,32)/t16-/m0/s1. The van der Waals surface area contributed by atoms with Gasteiger partial charge in [-0.15, -0.1) is 0 Å². The Kier molecular flexibility index (Phi) is 7.39. The van der Waals surface area contributed by atoms with Crippen LogP contribution < -0.4 is 10.6 Å². The highest BCUT2D eigenvalue weighted by Crippen LogP contribution is 2.26. The predicted octanol–water partition coefficient (Wildman–Crippen LogP) is 3.77. The van der Waals surface area contributed by atoms with Crippen LogP contribution in [0.3, 0.4) is 0 Å². The fourth-order valence-electron chi connectivity index (χ4n) is 3.50. The van der Waals surface area contributed by atoms with Gasteiger partial charge in [0.15, 0.2) is 0 Å². The third-order valence-electron chi connectivity index (χ3n) is 5.11. The number of aromatic nitrogens is 4. The first-order chi connectivity index (χ1) is 15.5. The number of aryl methyl sites for hydroxylation is 1. The normalized spacial score (nSPS) is 12.8. The van der Waals surface area contributed by atoms with Crippen molar-refractivity contribution in [3.05, 3.63) is 47.5 Å². The Morgan fingerprint density at radius 3 is 2.61 bits per heavy atom. The van der Waals surface area contributed by atoms with E-state index in [0.717, 1.165) is 5.56 Å². The Morgan fingerprint density at radius 2 is 1.97 bits per heavy atom. The van der Waals surface area contributed by atoms with Crippen molar-refractivity contribution in [1.29, 1.82) is 0 Å². The van der Waals surface area contributed by atoms with Gasteiger partial charge in [-0.25, -0.2) is 4.98 Å². The maximum atomic E-state index is 12.5.